The number of ether oxygens (including phenoxy) is 1. The van der Waals surface area contributed by atoms with E-state index >= 15 is 0 Å². The van der Waals surface area contributed by atoms with Gasteiger partial charge in [-0.15, -0.1) is 12.1 Å². The van der Waals surface area contributed by atoms with Crippen molar-refractivity contribution < 1.29 is 25.5 Å². The number of hydrogen-bond acceptors (Lipinski definition) is 1. The second kappa shape index (κ2) is 7.46. The number of hydrogen-bond donors (Lipinski definition) is 0. The molecule has 0 N–H and O–H groups in total. The zero-order valence-electron chi connectivity index (χ0n) is 7.68. The van der Waals surface area contributed by atoms with Crippen LogP contribution < -0.4 is 4.74 Å². The van der Waals surface area contributed by atoms with Crippen molar-refractivity contribution in [2.24, 2.45) is 0 Å². The quantitative estimate of drug-likeness (QED) is 0.601. The van der Waals surface area contributed by atoms with Crippen LogP contribution in [0.25, 0.3) is 0 Å². The van der Waals surface area contributed by atoms with Crippen molar-refractivity contribution in [2.75, 3.05) is 0 Å². The van der Waals surface area contributed by atoms with Crippen LogP contribution in [0.5, 0.6) is 5.75 Å². The van der Waals surface area contributed by atoms with Gasteiger partial charge in [-0.25, -0.2) is 0 Å². The summed E-state index contributed by atoms with van der Waals surface area (Å²) in [6.07, 6.45) is 0.0743. The van der Waals surface area contributed by atoms with Gasteiger partial charge in [0.1, 0.15) is 0 Å². The molecule has 0 atom stereocenters. The van der Waals surface area contributed by atoms with E-state index in [-0.39, 0.29) is 11.9 Å². The zero-order chi connectivity index (χ0) is 10.3. The second-order valence-corrected chi connectivity index (χ2v) is 2.55. The molecule has 0 radical (unpaired) electrons. The fraction of sp³-hybridized carbons (Fsp3) is 0.333. The van der Waals surface area contributed by atoms with E-state index in [2.05, 4.69) is 19.7 Å². The predicted molar refractivity (Wildman–Crippen MR) is 49.9 cm³/mol. The van der Waals surface area contributed by atoms with Crippen LogP contribution >= 0.6 is 13.6 Å². The molecule has 0 aliphatic heterocycles. The van der Waals surface area contributed by atoms with Crippen molar-refractivity contribution in [2.45, 2.75) is 20.0 Å². The molecule has 0 saturated carbocycles. The Morgan fingerprint density at radius 2 is 2.08 bits per heavy atom. The third-order valence-electron chi connectivity index (χ3n) is 1.10. The molecule has 0 spiro atoms. The summed E-state index contributed by atoms with van der Waals surface area (Å²) in [5.74, 6) is 0.211. The molecule has 0 fully saturated rings. The number of benzene rings is 1. The van der Waals surface area contributed by atoms with Crippen LogP contribution in [-0.2, 0) is 16.3 Å². The molecule has 1 aromatic rings. The van der Waals surface area contributed by atoms with Gasteiger partial charge in [-0.05, 0) is 13.8 Å². The molecule has 0 saturated heterocycles. The fourth-order valence-electron chi connectivity index (χ4n) is 0.763. The summed E-state index contributed by atoms with van der Waals surface area (Å²) in [5.41, 5.74) is 0. The Balaban J connectivity index is 0.000000671. The Morgan fingerprint density at radius 3 is 2.54 bits per heavy atom. The molecular formula is C9H10BrFOZn. The molecule has 0 aliphatic rings. The van der Waals surface area contributed by atoms with Gasteiger partial charge in [0.25, 0.3) is 0 Å². The third-order valence-corrected chi connectivity index (χ3v) is 1.10. The first-order chi connectivity index (χ1) is 6.18. The fourth-order valence-corrected chi connectivity index (χ4v) is 0.763. The summed E-state index contributed by atoms with van der Waals surface area (Å²) >= 11 is 4.25. The molecule has 0 unspecified atom stereocenters. The summed E-state index contributed by atoms with van der Waals surface area (Å²) in [7, 11) is 0. The maximum atomic E-state index is 12.5. The molecule has 0 amide bonds. The van der Waals surface area contributed by atoms with Crippen LogP contribution in [0.1, 0.15) is 13.8 Å². The van der Waals surface area contributed by atoms with Crippen molar-refractivity contribution in [3.8, 4) is 5.75 Å². The van der Waals surface area contributed by atoms with E-state index in [0.29, 0.717) is 5.75 Å². The Labute approximate surface area is 94.7 Å². The predicted octanol–water partition coefficient (Wildman–Crippen LogP) is 3.26. The van der Waals surface area contributed by atoms with Gasteiger partial charge in [0.05, 0.1) is 6.10 Å². The molecule has 0 heterocycles. The van der Waals surface area contributed by atoms with E-state index < -0.39 is 0 Å². The minimum absolute atomic E-state index is 0.0743. The van der Waals surface area contributed by atoms with Gasteiger partial charge in [0, 0.05) is 11.6 Å². The van der Waals surface area contributed by atoms with E-state index in [4.69, 9.17) is 4.74 Å². The molecular weight excluding hydrogens is 288 g/mol. The molecule has 68 valence electrons. The van der Waals surface area contributed by atoms with Gasteiger partial charge in [-0.1, -0.05) is 6.07 Å². The average molecular weight is 298 g/mol. The van der Waals surface area contributed by atoms with Gasteiger partial charge in [0.2, 0.25) is 0 Å². The van der Waals surface area contributed by atoms with Crippen LogP contribution in [0.15, 0.2) is 18.2 Å². The van der Waals surface area contributed by atoms with Gasteiger partial charge in [-0.3, -0.25) is 4.39 Å². The molecule has 1 aromatic carbocycles. The first-order valence-corrected chi connectivity index (χ1v) is 10.7. The van der Waals surface area contributed by atoms with Crippen molar-refractivity contribution in [3.63, 3.8) is 0 Å². The van der Waals surface area contributed by atoms with E-state index in [1.54, 1.807) is 6.07 Å². The van der Waals surface area contributed by atoms with E-state index in [9.17, 15) is 4.39 Å². The van der Waals surface area contributed by atoms with E-state index in [1.165, 1.54) is 28.5 Å². The number of rotatable bonds is 2. The summed E-state index contributed by atoms with van der Waals surface area (Å²) in [6.45, 7) is 3.79. The summed E-state index contributed by atoms with van der Waals surface area (Å²) in [6, 6.07) is 6.86. The second-order valence-electron chi connectivity index (χ2n) is 2.55. The van der Waals surface area contributed by atoms with Crippen LogP contribution in [0, 0.1) is 11.9 Å². The molecule has 4 heteroatoms. The Bertz CT molecular complexity index is 243. The van der Waals surface area contributed by atoms with Gasteiger partial charge >= 0.3 is 30.0 Å². The normalized spacial score (nSPS) is 9.15. The minimum atomic E-state index is -0.317. The first-order valence-electron chi connectivity index (χ1n) is 3.78. The SMILES string of the molecule is CC(C)Oc1c[c-]cc(F)c1.[Zn+][Br]. The molecule has 0 bridgehead atoms. The van der Waals surface area contributed by atoms with Crippen molar-refractivity contribution in [3.05, 3.63) is 30.1 Å². The van der Waals surface area contributed by atoms with Crippen molar-refractivity contribution in [1.29, 1.82) is 0 Å². The topological polar surface area (TPSA) is 9.23 Å². The standard InChI is InChI=1S/C9H10FO.BrH.Zn/c1-7(2)11-9-5-3-4-8(10)6-9;;/h4-7H,1-2H3;1H;/q-1;;+2/p-1. The monoisotopic (exact) mass is 296 g/mol. The maximum absolute atomic E-state index is 12.5. The summed E-state index contributed by atoms with van der Waals surface area (Å²) in [5, 5.41) is 0. The zero-order valence-corrected chi connectivity index (χ0v) is 12.2. The molecule has 0 aliphatic carbocycles. The van der Waals surface area contributed by atoms with Gasteiger partial charge in [0.15, 0.2) is 0 Å². The van der Waals surface area contributed by atoms with Gasteiger partial charge in [-0.2, -0.15) is 6.07 Å². The summed E-state index contributed by atoms with van der Waals surface area (Å²) in [4.78, 5) is 0. The van der Waals surface area contributed by atoms with Crippen LogP contribution in [0.3, 0.4) is 0 Å². The van der Waals surface area contributed by atoms with E-state index in [1.807, 2.05) is 13.8 Å². The van der Waals surface area contributed by atoms with Crippen LogP contribution in [-0.4, -0.2) is 6.10 Å². The number of halogens is 2. The average Bonchev–Trinajstić information content (AvgIpc) is 2.06. The molecule has 1 rings (SSSR count). The van der Waals surface area contributed by atoms with Crippen molar-refractivity contribution in [1.82, 2.24) is 0 Å². The van der Waals surface area contributed by atoms with E-state index in [0.717, 1.165) is 0 Å². The summed E-state index contributed by atoms with van der Waals surface area (Å²) < 4.78 is 17.7. The molecule has 13 heavy (non-hydrogen) atoms. The molecule has 0 aromatic heterocycles. The first kappa shape index (κ1) is 13.1. The third kappa shape index (κ3) is 6.17. The van der Waals surface area contributed by atoms with Crippen LogP contribution in [0.2, 0.25) is 0 Å². The Hall–Kier alpha value is 0.0534. The van der Waals surface area contributed by atoms with Crippen LogP contribution in [0.4, 0.5) is 4.39 Å². The Kier molecular flexibility index (Phi) is 7.49. The molecule has 1 nitrogen and oxygen atoms in total. The van der Waals surface area contributed by atoms with Crippen molar-refractivity contribution >= 4 is 13.6 Å². The van der Waals surface area contributed by atoms with Gasteiger partial charge < -0.3 is 4.74 Å². The Morgan fingerprint density at radius 1 is 1.46 bits per heavy atom.